The second-order valence-electron chi connectivity index (χ2n) is 10.8. The smallest absolute Gasteiger partial charge is 0.255 e. The molecule has 1 aromatic rings. The number of carbonyl (C=O) groups excluding carboxylic acids is 4. The van der Waals surface area contributed by atoms with Crippen LogP contribution in [0.2, 0.25) is 0 Å². The van der Waals surface area contributed by atoms with E-state index in [0.717, 1.165) is 18.9 Å². The van der Waals surface area contributed by atoms with Gasteiger partial charge in [0, 0.05) is 29.2 Å². The highest BCUT2D eigenvalue weighted by Crippen LogP contribution is 2.53. The summed E-state index contributed by atoms with van der Waals surface area (Å²) < 4.78 is 15.3. The Morgan fingerprint density at radius 1 is 1.21 bits per heavy atom. The van der Waals surface area contributed by atoms with E-state index in [1.54, 1.807) is 0 Å². The van der Waals surface area contributed by atoms with Crippen LogP contribution in [0.4, 0.5) is 10.1 Å². The molecule has 4 atom stereocenters. The van der Waals surface area contributed by atoms with Gasteiger partial charge in [-0.15, -0.1) is 0 Å². The summed E-state index contributed by atoms with van der Waals surface area (Å²) in [6, 6.07) is -0.0874. The second kappa shape index (κ2) is 9.14. The molecule has 208 valence electrons. The highest BCUT2D eigenvalue weighted by atomic mass is 19.1. The van der Waals surface area contributed by atoms with Gasteiger partial charge in [0.25, 0.3) is 5.91 Å². The van der Waals surface area contributed by atoms with Crippen molar-refractivity contribution in [2.75, 3.05) is 26.0 Å². The molecule has 0 aliphatic heterocycles. The Hall–Kier alpha value is -3.81. The number of phenols is 1. The second-order valence-corrected chi connectivity index (χ2v) is 10.8. The molecule has 1 aromatic carbocycles. The van der Waals surface area contributed by atoms with Gasteiger partial charge in [0.05, 0.1) is 23.8 Å². The number of aliphatic hydroxyl groups excluding tert-OH is 2. The van der Waals surface area contributed by atoms with Crippen molar-refractivity contribution in [3.8, 4) is 5.75 Å². The lowest BCUT2D eigenvalue weighted by molar-refractivity contribution is -0.153. The maximum absolute atomic E-state index is 15.3. The summed E-state index contributed by atoms with van der Waals surface area (Å²) in [6.45, 7) is -0.0789. The Morgan fingerprint density at radius 2 is 1.87 bits per heavy atom. The molecule has 0 unspecified atom stereocenters. The number of likely N-dealkylation sites (N-methyl/N-ethyl adjacent to an activating group) is 1. The molecule has 0 aromatic heterocycles. The van der Waals surface area contributed by atoms with Crippen molar-refractivity contribution in [2.24, 2.45) is 17.6 Å². The van der Waals surface area contributed by atoms with Crippen molar-refractivity contribution >= 4 is 34.8 Å². The fraction of sp³-hybridized carbons (Fsp3) is 0.462. The number of hydrogen-bond donors (Lipinski definition) is 7. The van der Waals surface area contributed by atoms with E-state index in [-0.39, 0.29) is 36.7 Å². The van der Waals surface area contributed by atoms with Gasteiger partial charge in [0.15, 0.2) is 17.1 Å². The van der Waals surface area contributed by atoms with Gasteiger partial charge in [-0.1, -0.05) is 0 Å². The molecule has 2 saturated carbocycles. The van der Waals surface area contributed by atoms with Crippen LogP contribution >= 0.6 is 0 Å². The molecule has 0 heterocycles. The van der Waals surface area contributed by atoms with Crippen LogP contribution in [0.5, 0.6) is 5.75 Å². The summed E-state index contributed by atoms with van der Waals surface area (Å²) in [5.74, 6) is -9.71. The van der Waals surface area contributed by atoms with Gasteiger partial charge in [0.2, 0.25) is 11.7 Å². The van der Waals surface area contributed by atoms with Crippen LogP contribution < -0.4 is 16.4 Å². The molecule has 13 heteroatoms. The number of hydrogen-bond acceptors (Lipinski definition) is 10. The number of halogens is 1. The lowest BCUT2D eigenvalue weighted by atomic mass is 9.57. The van der Waals surface area contributed by atoms with Crippen LogP contribution in [0, 0.1) is 17.7 Å². The van der Waals surface area contributed by atoms with Crippen LogP contribution in [-0.2, 0) is 25.6 Å². The number of fused-ring (bicyclic) bond motifs is 3. The van der Waals surface area contributed by atoms with E-state index >= 15 is 4.39 Å². The third-order valence-corrected chi connectivity index (χ3v) is 8.07. The lowest BCUT2D eigenvalue weighted by Crippen LogP contribution is -2.65. The zero-order valence-electron chi connectivity index (χ0n) is 21.2. The first-order chi connectivity index (χ1) is 18.3. The highest BCUT2D eigenvalue weighted by molar-refractivity contribution is 6.24. The van der Waals surface area contributed by atoms with Crippen LogP contribution in [0.15, 0.2) is 23.0 Å². The maximum Gasteiger partial charge on any atom is 0.255 e. The van der Waals surface area contributed by atoms with Gasteiger partial charge in [0.1, 0.15) is 22.9 Å². The van der Waals surface area contributed by atoms with Gasteiger partial charge < -0.3 is 36.8 Å². The Kier molecular flexibility index (Phi) is 6.28. The number of anilines is 1. The van der Waals surface area contributed by atoms with Gasteiger partial charge in [-0.3, -0.25) is 24.1 Å². The molecule has 2 amide bonds. The minimum atomic E-state index is -2.79. The molecular formula is C26H29FN4O8. The van der Waals surface area contributed by atoms with Crippen molar-refractivity contribution < 1.29 is 44.0 Å². The van der Waals surface area contributed by atoms with E-state index in [1.807, 2.05) is 0 Å². The SMILES string of the molecule is CN(C)[C@@H]1C(=O)C(C(N)=O)=C(O)[C@@]2(O)C(=O)C3=C(O)c4c(O)c(NC(=O)CNC5CC5)cc(F)c4C[C@H]3C[C@@H]12. The molecule has 2 fully saturated rings. The predicted molar refractivity (Wildman–Crippen MR) is 134 cm³/mol. The number of benzene rings is 1. The summed E-state index contributed by atoms with van der Waals surface area (Å²) >= 11 is 0. The lowest BCUT2D eigenvalue weighted by Gasteiger charge is -2.50. The number of amides is 2. The average molecular weight is 545 g/mol. The third-order valence-electron chi connectivity index (χ3n) is 8.07. The van der Waals surface area contributed by atoms with Crippen LogP contribution in [0.25, 0.3) is 5.76 Å². The summed E-state index contributed by atoms with van der Waals surface area (Å²) in [6.07, 6.45) is 1.53. The Morgan fingerprint density at radius 3 is 2.46 bits per heavy atom. The van der Waals surface area contributed by atoms with Gasteiger partial charge in [-0.25, -0.2) is 4.39 Å². The van der Waals surface area contributed by atoms with E-state index in [1.165, 1.54) is 19.0 Å². The van der Waals surface area contributed by atoms with E-state index < -0.39 is 86.7 Å². The molecule has 12 nitrogen and oxygen atoms in total. The molecule has 4 aliphatic carbocycles. The van der Waals surface area contributed by atoms with Crippen molar-refractivity contribution in [1.82, 2.24) is 10.2 Å². The number of Topliss-reactive ketones (excluding diaryl/α,β-unsaturated/α-hetero) is 2. The standard InChI is InChI=1S/C26H29FN4O8/c1-31(2)19-12-6-9-5-11-13(27)7-14(30-15(32)8-29-10-3-4-10)20(33)17(11)21(34)16(9)23(36)26(12,39)24(37)18(22(19)35)25(28)38/h7,9-10,12,19,29,33-34,37,39H,3-6,8H2,1-2H3,(H2,28,38)(H,30,32)/t9-,12-,19-,26-/m0/s1. The normalized spacial score (nSPS) is 28.3. The molecule has 5 rings (SSSR count). The molecular weight excluding hydrogens is 515 g/mol. The molecule has 0 radical (unpaired) electrons. The van der Waals surface area contributed by atoms with E-state index in [2.05, 4.69) is 10.6 Å². The fourth-order valence-electron chi connectivity index (χ4n) is 6.08. The monoisotopic (exact) mass is 544 g/mol. The third kappa shape index (κ3) is 3.99. The Labute approximate surface area is 222 Å². The minimum absolute atomic E-state index is 0.0789. The first kappa shape index (κ1) is 26.8. The Bertz CT molecular complexity index is 1400. The number of primary amides is 1. The summed E-state index contributed by atoms with van der Waals surface area (Å²) in [5, 5.41) is 49.9. The van der Waals surface area contributed by atoms with Crippen LogP contribution in [-0.4, -0.2) is 87.0 Å². The van der Waals surface area contributed by atoms with Crippen LogP contribution in [0.1, 0.15) is 30.4 Å². The van der Waals surface area contributed by atoms with Crippen LogP contribution in [0.3, 0.4) is 0 Å². The highest BCUT2D eigenvalue weighted by Gasteiger charge is 2.64. The average Bonchev–Trinajstić information content (AvgIpc) is 3.67. The number of nitrogens with zero attached hydrogens (tertiary/aromatic N) is 1. The zero-order chi connectivity index (χ0) is 28.5. The summed E-state index contributed by atoms with van der Waals surface area (Å²) in [5.41, 5.74) is 0.302. The Balaban J connectivity index is 1.60. The van der Waals surface area contributed by atoms with Crippen molar-refractivity contribution in [3.63, 3.8) is 0 Å². The number of nitrogens with one attached hydrogen (secondary N) is 2. The van der Waals surface area contributed by atoms with E-state index in [0.29, 0.717) is 0 Å². The first-order valence-electron chi connectivity index (χ1n) is 12.5. The summed E-state index contributed by atoms with van der Waals surface area (Å²) in [4.78, 5) is 52.6. The number of carbonyl (C=O) groups is 4. The fourth-order valence-corrected chi connectivity index (χ4v) is 6.08. The van der Waals surface area contributed by atoms with Crippen molar-refractivity contribution in [2.45, 2.75) is 43.4 Å². The molecule has 39 heavy (non-hydrogen) atoms. The number of aromatic hydroxyl groups is 1. The molecule has 4 aliphatic rings. The van der Waals surface area contributed by atoms with Gasteiger partial charge in [-0.05, 0) is 45.7 Å². The number of phenolic OH excluding ortho intramolecular Hbond substituents is 1. The first-order valence-corrected chi connectivity index (χ1v) is 12.5. The van der Waals surface area contributed by atoms with E-state index in [9.17, 15) is 39.6 Å². The quantitative estimate of drug-likeness (QED) is 0.186. The molecule has 8 N–H and O–H groups in total. The topological polar surface area (TPSA) is 203 Å². The number of ketones is 2. The zero-order valence-corrected chi connectivity index (χ0v) is 21.2. The molecule has 0 spiro atoms. The maximum atomic E-state index is 15.3. The number of nitrogens with two attached hydrogens (primary N) is 1. The number of rotatable bonds is 6. The van der Waals surface area contributed by atoms with Crippen molar-refractivity contribution in [1.29, 1.82) is 0 Å². The number of aliphatic hydroxyl groups is 3. The van der Waals surface area contributed by atoms with Gasteiger partial charge in [-0.2, -0.15) is 0 Å². The van der Waals surface area contributed by atoms with Gasteiger partial charge >= 0.3 is 0 Å². The molecule has 0 bridgehead atoms. The molecule has 0 saturated heterocycles. The van der Waals surface area contributed by atoms with Crippen molar-refractivity contribution in [3.05, 3.63) is 39.9 Å². The largest absolute Gasteiger partial charge is 0.508 e. The minimum Gasteiger partial charge on any atom is -0.508 e. The van der Waals surface area contributed by atoms with E-state index in [4.69, 9.17) is 5.73 Å². The summed E-state index contributed by atoms with van der Waals surface area (Å²) in [7, 11) is 2.97. The predicted octanol–water partition coefficient (Wildman–Crippen LogP) is -0.206.